The minimum absolute atomic E-state index is 0.0521. The second-order valence-electron chi connectivity index (χ2n) is 7.20. The van der Waals surface area contributed by atoms with E-state index in [0.717, 1.165) is 22.9 Å². The van der Waals surface area contributed by atoms with Crippen LogP contribution < -0.4 is 0 Å². The van der Waals surface area contributed by atoms with Crippen molar-refractivity contribution in [2.24, 2.45) is 7.05 Å². The molecule has 1 aliphatic rings. The second kappa shape index (κ2) is 9.32. The molecular weight excluding hydrogens is 474 g/mol. The lowest BCUT2D eigenvalue weighted by Gasteiger charge is -2.18. The number of likely N-dealkylation sites (N-methyl/N-ethyl adjacent to an activating group) is 1. The summed E-state index contributed by atoms with van der Waals surface area (Å²) in [4.78, 5) is 26.3. The Kier molecular flexibility index (Phi) is 6.99. The van der Waals surface area contributed by atoms with Gasteiger partial charge in [0.1, 0.15) is 10.6 Å². The monoisotopic (exact) mass is 497 g/mol. The van der Waals surface area contributed by atoms with Gasteiger partial charge >= 0.3 is 5.97 Å². The Morgan fingerprint density at radius 3 is 2.53 bits per heavy atom. The third-order valence-corrected chi connectivity index (χ3v) is 7.65. The molecule has 8 nitrogen and oxygen atoms in total. The topological polar surface area (TPSA) is 88.9 Å². The highest BCUT2D eigenvalue weighted by Crippen LogP contribution is 2.23. The summed E-state index contributed by atoms with van der Waals surface area (Å²) in [6.07, 6.45) is 3.05. The fraction of sp³-hybridized carbons (Fsp3) is 0.400. The van der Waals surface area contributed by atoms with Gasteiger partial charge in [-0.15, -0.1) is 0 Å². The van der Waals surface area contributed by atoms with Crippen molar-refractivity contribution in [3.8, 4) is 0 Å². The van der Waals surface area contributed by atoms with Crippen LogP contribution in [0.1, 0.15) is 28.9 Å². The number of aromatic nitrogens is 1. The zero-order chi connectivity index (χ0) is 21.9. The van der Waals surface area contributed by atoms with Gasteiger partial charge in [-0.2, -0.15) is 4.31 Å². The van der Waals surface area contributed by atoms with Gasteiger partial charge in [-0.3, -0.25) is 4.79 Å². The smallest absolute Gasteiger partial charge is 0.355 e. The normalized spacial score (nSPS) is 14.6. The molecule has 1 fully saturated rings. The van der Waals surface area contributed by atoms with Gasteiger partial charge in [0.05, 0.1) is 0 Å². The molecule has 0 unspecified atom stereocenters. The summed E-state index contributed by atoms with van der Waals surface area (Å²) in [6.45, 7) is 0.893. The first-order valence-electron chi connectivity index (χ1n) is 9.51. The van der Waals surface area contributed by atoms with Crippen LogP contribution in [0.5, 0.6) is 0 Å². The average Bonchev–Trinajstić information content (AvgIpc) is 3.38. The van der Waals surface area contributed by atoms with Crippen LogP contribution in [0.3, 0.4) is 0 Å². The molecule has 1 aromatic heterocycles. The third kappa shape index (κ3) is 4.93. The third-order valence-electron chi connectivity index (χ3n) is 5.01. The summed E-state index contributed by atoms with van der Waals surface area (Å²) in [6, 6.07) is 8.84. The molecule has 1 saturated heterocycles. The molecule has 2 heterocycles. The molecule has 1 aliphatic heterocycles. The number of sulfonamides is 1. The van der Waals surface area contributed by atoms with Crippen molar-refractivity contribution >= 4 is 37.8 Å². The van der Waals surface area contributed by atoms with Crippen molar-refractivity contribution < 1.29 is 22.7 Å². The van der Waals surface area contributed by atoms with Crippen LogP contribution in [0.2, 0.25) is 0 Å². The van der Waals surface area contributed by atoms with E-state index >= 15 is 0 Å². The molecule has 0 aliphatic carbocycles. The Morgan fingerprint density at radius 2 is 1.87 bits per heavy atom. The summed E-state index contributed by atoms with van der Waals surface area (Å²) < 4.78 is 34.2. The number of carbonyl (C=O) groups is 2. The van der Waals surface area contributed by atoms with Crippen LogP contribution in [-0.4, -0.2) is 60.8 Å². The van der Waals surface area contributed by atoms with Crippen LogP contribution >= 0.6 is 15.9 Å². The van der Waals surface area contributed by atoms with E-state index in [-0.39, 0.29) is 16.5 Å². The van der Waals surface area contributed by atoms with Crippen molar-refractivity contribution in [1.29, 1.82) is 0 Å². The summed E-state index contributed by atoms with van der Waals surface area (Å²) in [5, 5.41) is 0. The number of hydrogen-bond donors (Lipinski definition) is 0. The van der Waals surface area contributed by atoms with Crippen molar-refractivity contribution in [2.45, 2.75) is 24.3 Å². The maximum Gasteiger partial charge on any atom is 0.355 e. The summed E-state index contributed by atoms with van der Waals surface area (Å²) >= 11 is 3.44. The standard InChI is InChI=1S/C20H24BrN3O5S/c1-22-13-16(30(27,28)24-9-5-6-10-24)11-18(22)20(26)29-14-19(25)23(2)12-15-7-3-4-8-17(15)21/h3-4,7-8,11,13H,5-6,9-10,12,14H2,1-2H3. The van der Waals surface area contributed by atoms with Gasteiger partial charge in [0.2, 0.25) is 10.0 Å². The molecule has 0 N–H and O–H groups in total. The van der Waals surface area contributed by atoms with Gasteiger partial charge in [0.25, 0.3) is 5.91 Å². The molecule has 1 amide bonds. The summed E-state index contributed by atoms with van der Waals surface area (Å²) in [7, 11) is -0.438. The molecule has 0 radical (unpaired) electrons. The number of benzene rings is 1. The van der Waals surface area contributed by atoms with E-state index in [1.54, 1.807) is 14.1 Å². The molecule has 0 atom stereocenters. The molecular formula is C20H24BrN3O5S. The van der Waals surface area contributed by atoms with Crippen molar-refractivity contribution in [2.75, 3.05) is 26.7 Å². The Hall–Kier alpha value is -2.17. The minimum atomic E-state index is -3.63. The van der Waals surface area contributed by atoms with Crippen LogP contribution in [0.25, 0.3) is 0 Å². The van der Waals surface area contributed by atoms with Gasteiger partial charge < -0.3 is 14.2 Å². The zero-order valence-corrected chi connectivity index (χ0v) is 19.3. The maximum absolute atomic E-state index is 12.7. The highest BCUT2D eigenvalue weighted by Gasteiger charge is 2.30. The number of amides is 1. The van der Waals surface area contributed by atoms with Crippen LogP contribution in [0, 0.1) is 0 Å². The molecule has 0 saturated carbocycles. The Balaban J connectivity index is 1.61. The van der Waals surface area contributed by atoms with Crippen LogP contribution in [-0.2, 0) is 33.1 Å². The van der Waals surface area contributed by atoms with Crippen LogP contribution in [0.15, 0.2) is 45.9 Å². The predicted molar refractivity (Wildman–Crippen MR) is 114 cm³/mol. The number of halogens is 1. The van der Waals surface area contributed by atoms with E-state index in [1.807, 2.05) is 24.3 Å². The fourth-order valence-electron chi connectivity index (χ4n) is 3.24. The molecule has 30 heavy (non-hydrogen) atoms. The van der Waals surface area contributed by atoms with E-state index in [1.165, 1.54) is 26.0 Å². The largest absolute Gasteiger partial charge is 0.451 e. The summed E-state index contributed by atoms with van der Waals surface area (Å²) in [5.41, 5.74) is 1.01. The highest BCUT2D eigenvalue weighted by molar-refractivity contribution is 9.10. The number of rotatable bonds is 7. The fourth-order valence-corrected chi connectivity index (χ4v) is 5.24. The lowest BCUT2D eigenvalue weighted by atomic mass is 10.2. The number of aryl methyl sites for hydroxylation is 1. The molecule has 1 aromatic carbocycles. The first-order chi connectivity index (χ1) is 14.2. The van der Waals surface area contributed by atoms with Crippen LogP contribution in [0.4, 0.5) is 0 Å². The Bertz CT molecular complexity index is 1040. The van der Waals surface area contributed by atoms with Gasteiger partial charge in [0, 0.05) is 44.4 Å². The van der Waals surface area contributed by atoms with Crippen molar-refractivity contribution in [3.63, 3.8) is 0 Å². The van der Waals surface area contributed by atoms with Gasteiger partial charge in [0.15, 0.2) is 6.61 Å². The number of carbonyl (C=O) groups excluding carboxylic acids is 2. The molecule has 0 spiro atoms. The first kappa shape index (κ1) is 22.5. The van der Waals surface area contributed by atoms with Crippen molar-refractivity contribution in [1.82, 2.24) is 13.8 Å². The predicted octanol–water partition coefficient (Wildman–Crippen LogP) is 2.39. The molecule has 0 bridgehead atoms. The lowest BCUT2D eigenvalue weighted by Crippen LogP contribution is -2.31. The van der Waals surface area contributed by atoms with Crippen molar-refractivity contribution in [3.05, 3.63) is 52.3 Å². The van der Waals surface area contributed by atoms with Gasteiger partial charge in [-0.1, -0.05) is 34.1 Å². The number of esters is 1. The van der Waals surface area contributed by atoms with E-state index < -0.39 is 22.6 Å². The summed E-state index contributed by atoms with van der Waals surface area (Å²) in [5.74, 6) is -1.11. The maximum atomic E-state index is 12.7. The molecule has 10 heteroatoms. The van der Waals surface area contributed by atoms with Gasteiger partial charge in [-0.25, -0.2) is 13.2 Å². The first-order valence-corrected chi connectivity index (χ1v) is 11.7. The Morgan fingerprint density at radius 1 is 1.20 bits per heavy atom. The minimum Gasteiger partial charge on any atom is -0.451 e. The average molecular weight is 498 g/mol. The SMILES string of the molecule is CN(Cc1ccccc1Br)C(=O)COC(=O)c1cc(S(=O)(=O)N2CCCC2)cn1C. The highest BCUT2D eigenvalue weighted by atomic mass is 79.9. The lowest BCUT2D eigenvalue weighted by molar-refractivity contribution is -0.133. The number of ether oxygens (including phenoxy) is 1. The molecule has 3 rings (SSSR count). The quantitative estimate of drug-likeness (QED) is 0.547. The molecule has 162 valence electrons. The Labute approximate surface area is 184 Å². The zero-order valence-electron chi connectivity index (χ0n) is 16.9. The number of nitrogens with zero attached hydrogens (tertiary/aromatic N) is 3. The molecule has 2 aromatic rings. The van der Waals surface area contributed by atoms with E-state index in [0.29, 0.717) is 19.6 Å². The number of hydrogen-bond acceptors (Lipinski definition) is 5. The van der Waals surface area contributed by atoms with E-state index in [2.05, 4.69) is 15.9 Å². The second-order valence-corrected chi connectivity index (χ2v) is 9.99. The van der Waals surface area contributed by atoms with E-state index in [9.17, 15) is 18.0 Å². The van der Waals surface area contributed by atoms with Gasteiger partial charge in [-0.05, 0) is 30.5 Å². The van der Waals surface area contributed by atoms with E-state index in [4.69, 9.17) is 4.74 Å².